The van der Waals surface area contributed by atoms with Crippen molar-refractivity contribution in [1.29, 1.82) is 0 Å². The quantitative estimate of drug-likeness (QED) is 0.645. The molecule has 2 aromatic heterocycles. The number of aromatic nitrogens is 4. The summed E-state index contributed by atoms with van der Waals surface area (Å²) in [6.07, 6.45) is 1.64. The Bertz CT molecular complexity index is 654. The van der Waals surface area contributed by atoms with Gasteiger partial charge in [-0.25, -0.2) is 4.39 Å². The first-order chi connectivity index (χ1) is 8.75. The summed E-state index contributed by atoms with van der Waals surface area (Å²) in [4.78, 5) is 0. The average Bonchev–Trinajstić information content (AvgIpc) is 2.99. The zero-order valence-corrected chi connectivity index (χ0v) is 9.31. The highest BCUT2D eigenvalue weighted by Crippen LogP contribution is 2.33. The van der Waals surface area contributed by atoms with Crippen LogP contribution in [0.3, 0.4) is 0 Å². The lowest BCUT2D eigenvalue weighted by atomic mass is 10.0. The Labute approximate surface area is 102 Å². The molecule has 0 unspecified atom stereocenters. The van der Waals surface area contributed by atoms with E-state index in [-0.39, 0.29) is 5.82 Å². The number of rotatable bonds is 2. The van der Waals surface area contributed by atoms with Crippen molar-refractivity contribution in [2.45, 2.75) is 0 Å². The van der Waals surface area contributed by atoms with Crippen molar-refractivity contribution in [1.82, 2.24) is 20.4 Å². The molecule has 3 aromatic rings. The Morgan fingerprint density at radius 2 is 1.83 bits per heavy atom. The summed E-state index contributed by atoms with van der Waals surface area (Å²) in [5.41, 5.74) is 8.89. The van der Waals surface area contributed by atoms with Crippen molar-refractivity contribution >= 4 is 5.82 Å². The van der Waals surface area contributed by atoms with Crippen LogP contribution < -0.4 is 5.73 Å². The fourth-order valence-electron chi connectivity index (χ4n) is 1.85. The van der Waals surface area contributed by atoms with Crippen LogP contribution in [0, 0.1) is 5.82 Å². The number of nitrogens with two attached hydrogens (primary N) is 1. The van der Waals surface area contributed by atoms with E-state index in [1.807, 2.05) is 0 Å². The molecule has 18 heavy (non-hydrogen) atoms. The van der Waals surface area contributed by atoms with Crippen LogP contribution in [0.25, 0.3) is 22.5 Å². The lowest BCUT2D eigenvalue weighted by Gasteiger charge is -2.02. The molecule has 2 heterocycles. The first-order valence-electron chi connectivity index (χ1n) is 5.35. The van der Waals surface area contributed by atoms with E-state index in [0.717, 1.165) is 22.5 Å². The molecule has 1 aromatic carbocycles. The van der Waals surface area contributed by atoms with Gasteiger partial charge in [-0.2, -0.15) is 10.2 Å². The lowest BCUT2D eigenvalue weighted by Crippen LogP contribution is -1.89. The minimum atomic E-state index is -0.288. The van der Waals surface area contributed by atoms with Crippen molar-refractivity contribution in [3.8, 4) is 22.5 Å². The van der Waals surface area contributed by atoms with Crippen molar-refractivity contribution in [2.75, 3.05) is 5.73 Å². The fourth-order valence-corrected chi connectivity index (χ4v) is 1.85. The number of benzene rings is 1. The van der Waals surface area contributed by atoms with E-state index >= 15 is 0 Å². The third kappa shape index (κ3) is 1.64. The smallest absolute Gasteiger partial charge is 0.153 e. The molecule has 0 radical (unpaired) electrons. The van der Waals surface area contributed by atoms with Crippen LogP contribution in [0.4, 0.5) is 10.2 Å². The number of H-pyrrole nitrogens is 2. The van der Waals surface area contributed by atoms with Crippen LogP contribution in [0.2, 0.25) is 0 Å². The lowest BCUT2D eigenvalue weighted by molar-refractivity contribution is 0.628. The second-order valence-corrected chi connectivity index (χ2v) is 3.84. The van der Waals surface area contributed by atoms with Crippen molar-refractivity contribution < 1.29 is 4.39 Å². The SMILES string of the molecule is Nc1n[nH]c(-c2ccn[nH]2)c1-c1ccc(F)cc1. The Morgan fingerprint density at radius 1 is 1.06 bits per heavy atom. The molecule has 0 spiro atoms. The number of nitrogen functional groups attached to an aromatic ring is 1. The van der Waals surface area contributed by atoms with E-state index in [1.165, 1.54) is 12.1 Å². The zero-order valence-electron chi connectivity index (χ0n) is 9.31. The molecule has 0 saturated heterocycles. The van der Waals surface area contributed by atoms with Gasteiger partial charge in [-0.15, -0.1) is 0 Å². The van der Waals surface area contributed by atoms with E-state index in [2.05, 4.69) is 20.4 Å². The van der Waals surface area contributed by atoms with E-state index in [9.17, 15) is 4.39 Å². The number of nitrogens with one attached hydrogen (secondary N) is 2. The van der Waals surface area contributed by atoms with E-state index < -0.39 is 0 Å². The standard InChI is InChI=1S/C12H10FN5/c13-8-3-1-7(2-4-8)10-11(17-18-12(10)14)9-5-6-15-16-9/h1-6H,(H,15,16)(H3,14,17,18). The minimum Gasteiger partial charge on any atom is -0.382 e. The van der Waals surface area contributed by atoms with Crippen LogP contribution in [0.1, 0.15) is 0 Å². The molecule has 0 atom stereocenters. The first kappa shape index (κ1) is 10.5. The fraction of sp³-hybridized carbons (Fsp3) is 0. The van der Waals surface area contributed by atoms with Crippen molar-refractivity contribution in [3.63, 3.8) is 0 Å². The number of anilines is 1. The minimum absolute atomic E-state index is 0.288. The summed E-state index contributed by atoms with van der Waals surface area (Å²) < 4.78 is 12.9. The van der Waals surface area contributed by atoms with E-state index in [4.69, 9.17) is 5.73 Å². The molecule has 4 N–H and O–H groups in total. The number of aromatic amines is 2. The predicted octanol–water partition coefficient (Wildman–Crippen LogP) is 2.19. The topological polar surface area (TPSA) is 83.4 Å². The normalized spacial score (nSPS) is 10.7. The zero-order chi connectivity index (χ0) is 12.5. The monoisotopic (exact) mass is 243 g/mol. The average molecular weight is 243 g/mol. The molecule has 3 rings (SSSR count). The molecule has 0 aliphatic rings. The molecule has 90 valence electrons. The predicted molar refractivity (Wildman–Crippen MR) is 66.0 cm³/mol. The number of hydrogen-bond donors (Lipinski definition) is 3. The third-order valence-electron chi connectivity index (χ3n) is 2.70. The third-order valence-corrected chi connectivity index (χ3v) is 2.70. The molecule has 0 bridgehead atoms. The van der Waals surface area contributed by atoms with Gasteiger partial charge in [-0.05, 0) is 23.8 Å². The van der Waals surface area contributed by atoms with Gasteiger partial charge < -0.3 is 5.73 Å². The highest BCUT2D eigenvalue weighted by atomic mass is 19.1. The van der Waals surface area contributed by atoms with E-state index in [1.54, 1.807) is 24.4 Å². The molecule has 0 aliphatic carbocycles. The molecule has 0 aliphatic heterocycles. The number of nitrogens with zero attached hydrogens (tertiary/aromatic N) is 2. The Kier molecular flexibility index (Phi) is 2.33. The summed E-state index contributed by atoms with van der Waals surface area (Å²) in [6.45, 7) is 0. The number of hydrogen-bond acceptors (Lipinski definition) is 3. The summed E-state index contributed by atoms with van der Waals surface area (Å²) >= 11 is 0. The molecule has 0 fully saturated rings. The maximum Gasteiger partial charge on any atom is 0.153 e. The van der Waals surface area contributed by atoms with Gasteiger partial charge in [0.2, 0.25) is 0 Å². The second-order valence-electron chi connectivity index (χ2n) is 3.84. The van der Waals surface area contributed by atoms with E-state index in [0.29, 0.717) is 5.82 Å². The van der Waals surface area contributed by atoms with Crippen LogP contribution >= 0.6 is 0 Å². The van der Waals surface area contributed by atoms with Gasteiger partial charge in [0.15, 0.2) is 5.82 Å². The molecule has 5 nitrogen and oxygen atoms in total. The van der Waals surface area contributed by atoms with Crippen LogP contribution in [-0.2, 0) is 0 Å². The maximum atomic E-state index is 12.9. The first-order valence-corrected chi connectivity index (χ1v) is 5.35. The summed E-state index contributed by atoms with van der Waals surface area (Å²) in [7, 11) is 0. The molecule has 6 heteroatoms. The Hall–Kier alpha value is -2.63. The summed E-state index contributed by atoms with van der Waals surface area (Å²) in [6, 6.07) is 7.91. The Balaban J connectivity index is 2.17. The van der Waals surface area contributed by atoms with Gasteiger partial charge in [-0.1, -0.05) is 12.1 Å². The van der Waals surface area contributed by atoms with Crippen LogP contribution in [-0.4, -0.2) is 20.4 Å². The highest BCUT2D eigenvalue weighted by Gasteiger charge is 2.15. The van der Waals surface area contributed by atoms with Crippen LogP contribution in [0.5, 0.6) is 0 Å². The molecular weight excluding hydrogens is 233 g/mol. The van der Waals surface area contributed by atoms with Gasteiger partial charge in [0.05, 0.1) is 17.0 Å². The highest BCUT2D eigenvalue weighted by molar-refractivity contribution is 5.86. The summed E-state index contributed by atoms with van der Waals surface area (Å²) in [5.74, 6) is 0.0788. The van der Waals surface area contributed by atoms with Gasteiger partial charge in [0, 0.05) is 6.20 Å². The largest absolute Gasteiger partial charge is 0.382 e. The Morgan fingerprint density at radius 3 is 2.50 bits per heavy atom. The van der Waals surface area contributed by atoms with Crippen molar-refractivity contribution in [3.05, 3.63) is 42.3 Å². The number of halogens is 1. The van der Waals surface area contributed by atoms with Gasteiger partial charge >= 0.3 is 0 Å². The second kappa shape index (κ2) is 3.99. The molecule has 0 saturated carbocycles. The summed E-state index contributed by atoms with van der Waals surface area (Å²) in [5, 5.41) is 13.6. The van der Waals surface area contributed by atoms with Crippen LogP contribution in [0.15, 0.2) is 36.5 Å². The van der Waals surface area contributed by atoms with Gasteiger partial charge in [0.1, 0.15) is 5.82 Å². The molecular formula is C12H10FN5. The molecule has 0 amide bonds. The maximum absolute atomic E-state index is 12.9. The van der Waals surface area contributed by atoms with Gasteiger partial charge in [-0.3, -0.25) is 10.2 Å². The van der Waals surface area contributed by atoms with Crippen molar-refractivity contribution in [2.24, 2.45) is 0 Å². The van der Waals surface area contributed by atoms with Gasteiger partial charge in [0.25, 0.3) is 0 Å².